The van der Waals surface area contributed by atoms with E-state index in [9.17, 15) is 4.79 Å². The van der Waals surface area contributed by atoms with Gasteiger partial charge < -0.3 is 4.98 Å². The monoisotopic (exact) mass is 282 g/mol. The van der Waals surface area contributed by atoms with Crippen LogP contribution in [0.2, 0.25) is 5.02 Å². The highest BCUT2D eigenvalue weighted by Gasteiger charge is 2.08. The molecule has 0 fully saturated rings. The fourth-order valence-electron chi connectivity index (χ4n) is 2.00. The Balaban J connectivity index is 2.18. The molecule has 0 saturated carbocycles. The Labute approximate surface area is 120 Å². The first-order chi connectivity index (χ1) is 9.74. The summed E-state index contributed by atoms with van der Waals surface area (Å²) in [6, 6.07) is 18.3. The van der Waals surface area contributed by atoms with Crippen LogP contribution < -0.4 is 5.56 Å². The molecule has 0 spiro atoms. The molecule has 98 valence electrons. The van der Waals surface area contributed by atoms with Gasteiger partial charge in [0.25, 0.3) is 5.56 Å². The molecule has 0 radical (unpaired) electrons. The molecule has 3 aromatic rings. The molecule has 1 N–H and O–H groups in total. The lowest BCUT2D eigenvalue weighted by Crippen LogP contribution is -2.08. The molecule has 3 nitrogen and oxygen atoms in total. The summed E-state index contributed by atoms with van der Waals surface area (Å²) in [7, 11) is 0. The standard InChI is InChI=1S/C16H11ClN2O/c17-13-9-5-4-8-12(13)14-10-15(20)19-16(18-14)11-6-2-1-3-7-11/h1-10H,(H,18,19,20). The van der Waals surface area contributed by atoms with E-state index in [1.807, 2.05) is 48.5 Å². The Morgan fingerprint density at radius 3 is 2.40 bits per heavy atom. The summed E-state index contributed by atoms with van der Waals surface area (Å²) >= 11 is 6.16. The van der Waals surface area contributed by atoms with Gasteiger partial charge in [0.05, 0.1) is 5.69 Å². The number of H-pyrrole nitrogens is 1. The minimum absolute atomic E-state index is 0.200. The normalized spacial score (nSPS) is 10.4. The zero-order chi connectivity index (χ0) is 13.9. The second kappa shape index (κ2) is 5.31. The van der Waals surface area contributed by atoms with E-state index >= 15 is 0 Å². The van der Waals surface area contributed by atoms with E-state index in [1.165, 1.54) is 6.07 Å². The fourth-order valence-corrected chi connectivity index (χ4v) is 2.23. The highest BCUT2D eigenvalue weighted by atomic mass is 35.5. The average molecular weight is 283 g/mol. The number of hydrogen-bond acceptors (Lipinski definition) is 2. The maximum absolute atomic E-state index is 11.8. The van der Waals surface area contributed by atoms with E-state index in [1.54, 1.807) is 6.07 Å². The highest BCUT2D eigenvalue weighted by molar-refractivity contribution is 6.33. The molecule has 0 aliphatic rings. The van der Waals surface area contributed by atoms with Gasteiger partial charge >= 0.3 is 0 Å². The lowest BCUT2D eigenvalue weighted by atomic mass is 10.1. The quantitative estimate of drug-likeness (QED) is 0.778. The summed E-state index contributed by atoms with van der Waals surface area (Å²) in [4.78, 5) is 19.1. The average Bonchev–Trinajstić information content (AvgIpc) is 2.48. The molecule has 1 aromatic heterocycles. The van der Waals surface area contributed by atoms with E-state index in [2.05, 4.69) is 9.97 Å². The van der Waals surface area contributed by atoms with Crippen LogP contribution in [0.15, 0.2) is 65.5 Å². The van der Waals surface area contributed by atoms with Crippen LogP contribution in [0, 0.1) is 0 Å². The Bertz CT molecular complexity index is 797. The van der Waals surface area contributed by atoms with Crippen molar-refractivity contribution in [1.82, 2.24) is 9.97 Å². The molecule has 20 heavy (non-hydrogen) atoms. The van der Waals surface area contributed by atoms with Gasteiger partial charge in [0, 0.05) is 22.2 Å². The molecule has 0 aliphatic carbocycles. The number of aromatic amines is 1. The molecule has 3 rings (SSSR count). The van der Waals surface area contributed by atoms with Crippen molar-refractivity contribution in [3.8, 4) is 22.6 Å². The van der Waals surface area contributed by atoms with Gasteiger partial charge in [-0.3, -0.25) is 4.79 Å². The summed E-state index contributed by atoms with van der Waals surface area (Å²) in [5.41, 5.74) is 1.97. The van der Waals surface area contributed by atoms with Crippen molar-refractivity contribution in [2.45, 2.75) is 0 Å². The number of rotatable bonds is 2. The van der Waals surface area contributed by atoms with Gasteiger partial charge in [0.1, 0.15) is 5.82 Å². The van der Waals surface area contributed by atoms with Crippen molar-refractivity contribution in [2.24, 2.45) is 0 Å². The van der Waals surface area contributed by atoms with Gasteiger partial charge in [-0.05, 0) is 6.07 Å². The number of nitrogens with zero attached hydrogens (tertiary/aromatic N) is 1. The largest absolute Gasteiger partial charge is 0.306 e. The molecule has 0 bridgehead atoms. The van der Waals surface area contributed by atoms with E-state index in [-0.39, 0.29) is 5.56 Å². The summed E-state index contributed by atoms with van der Waals surface area (Å²) in [6.07, 6.45) is 0. The zero-order valence-corrected chi connectivity index (χ0v) is 11.3. The smallest absolute Gasteiger partial charge is 0.251 e. The Hall–Kier alpha value is -2.39. The van der Waals surface area contributed by atoms with Gasteiger partial charge in [0.15, 0.2) is 0 Å². The molecular formula is C16H11ClN2O. The zero-order valence-electron chi connectivity index (χ0n) is 10.5. The first kappa shape index (κ1) is 12.6. The molecule has 2 aromatic carbocycles. The lowest BCUT2D eigenvalue weighted by Gasteiger charge is -2.06. The number of nitrogens with one attached hydrogen (secondary N) is 1. The van der Waals surface area contributed by atoms with Crippen LogP contribution in [0.3, 0.4) is 0 Å². The summed E-state index contributed by atoms with van der Waals surface area (Å²) < 4.78 is 0. The molecule has 0 saturated heterocycles. The number of benzene rings is 2. The van der Waals surface area contributed by atoms with E-state index < -0.39 is 0 Å². The molecule has 0 aliphatic heterocycles. The minimum atomic E-state index is -0.200. The lowest BCUT2D eigenvalue weighted by molar-refractivity contribution is 1.13. The molecular weight excluding hydrogens is 272 g/mol. The van der Waals surface area contributed by atoms with E-state index in [4.69, 9.17) is 11.6 Å². The predicted octanol–water partition coefficient (Wildman–Crippen LogP) is 3.76. The minimum Gasteiger partial charge on any atom is -0.306 e. The first-order valence-corrected chi connectivity index (χ1v) is 6.53. The molecule has 0 amide bonds. The molecule has 0 unspecified atom stereocenters. The van der Waals surface area contributed by atoms with Crippen LogP contribution in [0.25, 0.3) is 22.6 Å². The predicted molar refractivity (Wildman–Crippen MR) is 80.7 cm³/mol. The maximum Gasteiger partial charge on any atom is 0.251 e. The van der Waals surface area contributed by atoms with Gasteiger partial charge in [0.2, 0.25) is 0 Å². The van der Waals surface area contributed by atoms with Gasteiger partial charge in [-0.2, -0.15) is 0 Å². The number of halogens is 1. The Morgan fingerprint density at radius 2 is 1.65 bits per heavy atom. The summed E-state index contributed by atoms with van der Waals surface area (Å²) in [6.45, 7) is 0. The second-order valence-electron chi connectivity index (χ2n) is 4.33. The molecule has 4 heteroatoms. The van der Waals surface area contributed by atoms with Crippen molar-refractivity contribution in [3.05, 3.63) is 76.0 Å². The third-order valence-corrected chi connectivity index (χ3v) is 3.27. The molecule has 1 heterocycles. The molecule has 0 atom stereocenters. The van der Waals surface area contributed by atoms with Gasteiger partial charge in [-0.15, -0.1) is 0 Å². The van der Waals surface area contributed by atoms with Crippen LogP contribution in [0.4, 0.5) is 0 Å². The second-order valence-corrected chi connectivity index (χ2v) is 4.73. The fraction of sp³-hybridized carbons (Fsp3) is 0. The van der Waals surface area contributed by atoms with Crippen molar-refractivity contribution < 1.29 is 0 Å². The van der Waals surface area contributed by atoms with E-state index in [0.717, 1.165) is 11.1 Å². The van der Waals surface area contributed by atoms with Crippen LogP contribution in [-0.2, 0) is 0 Å². The maximum atomic E-state index is 11.8. The van der Waals surface area contributed by atoms with Gasteiger partial charge in [-0.25, -0.2) is 4.98 Å². The van der Waals surface area contributed by atoms with Crippen LogP contribution in [-0.4, -0.2) is 9.97 Å². The summed E-state index contributed by atoms with van der Waals surface area (Å²) in [5.74, 6) is 0.535. The van der Waals surface area contributed by atoms with Gasteiger partial charge in [-0.1, -0.05) is 60.1 Å². The van der Waals surface area contributed by atoms with Crippen molar-refractivity contribution in [3.63, 3.8) is 0 Å². The van der Waals surface area contributed by atoms with Crippen LogP contribution >= 0.6 is 11.6 Å². The summed E-state index contributed by atoms with van der Waals surface area (Å²) in [5, 5.41) is 0.574. The number of aromatic nitrogens is 2. The van der Waals surface area contributed by atoms with Crippen LogP contribution in [0.1, 0.15) is 0 Å². The van der Waals surface area contributed by atoms with Crippen LogP contribution in [0.5, 0.6) is 0 Å². The van der Waals surface area contributed by atoms with Crippen molar-refractivity contribution in [2.75, 3.05) is 0 Å². The van der Waals surface area contributed by atoms with Crippen molar-refractivity contribution in [1.29, 1.82) is 0 Å². The first-order valence-electron chi connectivity index (χ1n) is 6.16. The van der Waals surface area contributed by atoms with Crippen molar-refractivity contribution >= 4 is 11.6 Å². The number of hydrogen-bond donors (Lipinski definition) is 1. The van der Waals surface area contributed by atoms with E-state index in [0.29, 0.717) is 16.5 Å². The SMILES string of the molecule is O=c1cc(-c2ccccc2Cl)nc(-c2ccccc2)[nH]1. The Kier molecular flexibility index (Phi) is 3.35. The highest BCUT2D eigenvalue weighted by Crippen LogP contribution is 2.26. The third kappa shape index (κ3) is 2.49. The Morgan fingerprint density at radius 1 is 0.950 bits per heavy atom. The third-order valence-electron chi connectivity index (χ3n) is 2.94. The topological polar surface area (TPSA) is 45.8 Å².